The number of hydrogen-bond donors (Lipinski definition) is 1. The maximum absolute atomic E-state index is 3.62. The van der Waals surface area contributed by atoms with Gasteiger partial charge in [0, 0.05) is 0 Å². The van der Waals surface area contributed by atoms with Crippen LogP contribution in [-0.4, -0.2) is 13.1 Å². The molecule has 1 N–H and O–H groups in total. The Morgan fingerprint density at radius 1 is 0.600 bits per heavy atom. The van der Waals surface area contributed by atoms with E-state index in [4.69, 9.17) is 0 Å². The van der Waals surface area contributed by atoms with E-state index in [1.54, 1.807) is 0 Å². The van der Waals surface area contributed by atoms with E-state index in [1.807, 2.05) is 0 Å². The van der Waals surface area contributed by atoms with Crippen LogP contribution in [0.25, 0.3) is 0 Å². The van der Waals surface area contributed by atoms with Gasteiger partial charge in [-0.25, -0.2) is 0 Å². The highest BCUT2D eigenvalue weighted by molar-refractivity contribution is 4.57. The smallest absolute Gasteiger partial charge is 0.00464 e. The van der Waals surface area contributed by atoms with Gasteiger partial charge in [0.1, 0.15) is 0 Å². The molecule has 0 spiro atoms. The second-order valence-corrected chi connectivity index (χ2v) is 6.61. The van der Waals surface area contributed by atoms with E-state index in [0.29, 0.717) is 0 Å². The zero-order chi connectivity index (χ0) is 14.9. The van der Waals surface area contributed by atoms with Gasteiger partial charge in [0.15, 0.2) is 0 Å². The fourth-order valence-electron chi connectivity index (χ4n) is 2.74. The summed E-state index contributed by atoms with van der Waals surface area (Å²) in [6.45, 7) is 9.45. The number of hydrogen-bond acceptors (Lipinski definition) is 1. The van der Waals surface area contributed by atoms with Crippen molar-refractivity contribution in [1.82, 2.24) is 5.32 Å². The van der Waals surface area contributed by atoms with Crippen molar-refractivity contribution in [3.63, 3.8) is 0 Å². The lowest BCUT2D eigenvalue weighted by Crippen LogP contribution is -2.18. The van der Waals surface area contributed by atoms with Crippen molar-refractivity contribution >= 4 is 0 Å². The van der Waals surface area contributed by atoms with Crippen molar-refractivity contribution < 1.29 is 0 Å². The summed E-state index contributed by atoms with van der Waals surface area (Å²) >= 11 is 0. The van der Waals surface area contributed by atoms with Gasteiger partial charge < -0.3 is 5.32 Å². The van der Waals surface area contributed by atoms with Crippen molar-refractivity contribution in [2.45, 2.75) is 104 Å². The molecule has 0 bridgehead atoms. The van der Waals surface area contributed by atoms with Crippen LogP contribution in [0, 0.1) is 5.92 Å². The highest BCUT2D eigenvalue weighted by Gasteiger charge is 2.01. The molecule has 1 nitrogen and oxygen atoms in total. The third kappa shape index (κ3) is 16.0. The fourth-order valence-corrected chi connectivity index (χ4v) is 2.74. The largest absolute Gasteiger partial charge is 0.317 e. The molecule has 0 aliphatic rings. The van der Waals surface area contributed by atoms with Crippen LogP contribution in [0.2, 0.25) is 0 Å². The van der Waals surface area contributed by atoms with Crippen molar-refractivity contribution in [3.8, 4) is 0 Å². The van der Waals surface area contributed by atoms with Gasteiger partial charge in [-0.05, 0) is 31.8 Å². The van der Waals surface area contributed by atoms with E-state index in [9.17, 15) is 0 Å². The monoisotopic (exact) mass is 283 g/mol. The molecule has 0 aromatic carbocycles. The minimum atomic E-state index is 0.911. The normalized spacial score (nSPS) is 12.8. The van der Waals surface area contributed by atoms with Crippen LogP contribution < -0.4 is 5.32 Å². The first kappa shape index (κ1) is 20.0. The Morgan fingerprint density at radius 2 is 1.15 bits per heavy atom. The molecule has 20 heavy (non-hydrogen) atoms. The maximum atomic E-state index is 3.62. The highest BCUT2D eigenvalue weighted by atomic mass is 14.8. The lowest BCUT2D eigenvalue weighted by molar-refractivity contribution is 0.441. The SMILES string of the molecule is CCCCCCCCCNCC[C@H](C)CCCCCC. The van der Waals surface area contributed by atoms with Crippen molar-refractivity contribution in [3.05, 3.63) is 0 Å². The molecule has 1 heteroatoms. The minimum absolute atomic E-state index is 0.911. The molecule has 122 valence electrons. The average molecular weight is 284 g/mol. The van der Waals surface area contributed by atoms with Gasteiger partial charge in [0.05, 0.1) is 0 Å². The quantitative estimate of drug-likeness (QED) is 0.327. The van der Waals surface area contributed by atoms with Crippen molar-refractivity contribution in [1.29, 1.82) is 0 Å². The number of unbranched alkanes of at least 4 members (excludes halogenated alkanes) is 9. The zero-order valence-electron chi connectivity index (χ0n) is 14.7. The summed E-state index contributed by atoms with van der Waals surface area (Å²) in [7, 11) is 0. The maximum Gasteiger partial charge on any atom is -0.00464 e. The molecule has 0 amide bonds. The van der Waals surface area contributed by atoms with Gasteiger partial charge in [-0.1, -0.05) is 91.4 Å². The van der Waals surface area contributed by atoms with Crippen LogP contribution in [0.15, 0.2) is 0 Å². The van der Waals surface area contributed by atoms with Gasteiger partial charge in [-0.15, -0.1) is 0 Å². The molecular formula is C19H41N. The van der Waals surface area contributed by atoms with Crippen LogP contribution in [-0.2, 0) is 0 Å². The molecule has 0 aliphatic carbocycles. The van der Waals surface area contributed by atoms with Gasteiger partial charge in [-0.2, -0.15) is 0 Å². The molecule has 0 aromatic rings. The Morgan fingerprint density at radius 3 is 1.80 bits per heavy atom. The van der Waals surface area contributed by atoms with E-state index in [-0.39, 0.29) is 0 Å². The lowest BCUT2D eigenvalue weighted by Gasteiger charge is -2.11. The van der Waals surface area contributed by atoms with Crippen LogP contribution in [0.3, 0.4) is 0 Å². The second kappa shape index (κ2) is 17.0. The molecule has 0 aliphatic heterocycles. The molecule has 0 saturated heterocycles. The van der Waals surface area contributed by atoms with E-state index in [2.05, 4.69) is 26.1 Å². The van der Waals surface area contributed by atoms with Gasteiger partial charge in [0.2, 0.25) is 0 Å². The summed E-state index contributed by atoms with van der Waals surface area (Å²) in [5, 5.41) is 3.62. The second-order valence-electron chi connectivity index (χ2n) is 6.61. The summed E-state index contributed by atoms with van der Waals surface area (Å²) < 4.78 is 0. The first-order valence-electron chi connectivity index (χ1n) is 9.52. The van der Waals surface area contributed by atoms with Crippen LogP contribution in [0.4, 0.5) is 0 Å². The van der Waals surface area contributed by atoms with Gasteiger partial charge in [0.25, 0.3) is 0 Å². The Balaban J connectivity index is 3.07. The van der Waals surface area contributed by atoms with Crippen LogP contribution >= 0.6 is 0 Å². The van der Waals surface area contributed by atoms with Crippen molar-refractivity contribution in [2.75, 3.05) is 13.1 Å². The molecule has 0 saturated carbocycles. The van der Waals surface area contributed by atoms with E-state index < -0.39 is 0 Å². The first-order valence-corrected chi connectivity index (χ1v) is 9.52. The van der Waals surface area contributed by atoms with E-state index >= 15 is 0 Å². The zero-order valence-corrected chi connectivity index (χ0v) is 14.7. The summed E-state index contributed by atoms with van der Waals surface area (Å²) in [6, 6.07) is 0. The van der Waals surface area contributed by atoms with Crippen molar-refractivity contribution in [2.24, 2.45) is 5.92 Å². The van der Waals surface area contributed by atoms with Crippen LogP contribution in [0.5, 0.6) is 0 Å². The number of nitrogens with one attached hydrogen (secondary N) is 1. The number of rotatable bonds is 16. The average Bonchev–Trinajstić information content (AvgIpc) is 2.45. The lowest BCUT2D eigenvalue weighted by atomic mass is 9.99. The topological polar surface area (TPSA) is 12.0 Å². The first-order chi connectivity index (χ1) is 9.81. The highest BCUT2D eigenvalue weighted by Crippen LogP contribution is 2.13. The Kier molecular flexibility index (Phi) is 17.0. The summed E-state index contributed by atoms with van der Waals surface area (Å²) in [6.07, 6.45) is 18.4. The molecule has 1 atom stereocenters. The minimum Gasteiger partial charge on any atom is -0.317 e. The van der Waals surface area contributed by atoms with E-state index in [1.165, 1.54) is 96.6 Å². The molecule has 0 rings (SSSR count). The standard InChI is InChI=1S/C19H41N/c1-4-6-8-10-11-12-14-17-20-18-16-19(3)15-13-9-7-5-2/h19-20H,4-18H2,1-3H3/t19-/m1/s1. The predicted molar refractivity (Wildman–Crippen MR) is 93.4 cm³/mol. The predicted octanol–water partition coefficient (Wildman–Crippen LogP) is 6.32. The third-order valence-electron chi connectivity index (χ3n) is 4.32. The van der Waals surface area contributed by atoms with Gasteiger partial charge >= 0.3 is 0 Å². The molecule has 0 fully saturated rings. The Labute approximate surface area is 129 Å². The molecule has 0 radical (unpaired) electrons. The fraction of sp³-hybridized carbons (Fsp3) is 1.00. The Hall–Kier alpha value is -0.0400. The molecular weight excluding hydrogens is 242 g/mol. The molecule has 0 unspecified atom stereocenters. The summed E-state index contributed by atoms with van der Waals surface area (Å²) in [4.78, 5) is 0. The van der Waals surface area contributed by atoms with E-state index in [0.717, 1.165) is 5.92 Å². The Bertz CT molecular complexity index is 167. The summed E-state index contributed by atoms with van der Waals surface area (Å²) in [5.41, 5.74) is 0. The van der Waals surface area contributed by atoms with Gasteiger partial charge in [-0.3, -0.25) is 0 Å². The molecule has 0 heterocycles. The molecule has 0 aromatic heterocycles. The summed E-state index contributed by atoms with van der Waals surface area (Å²) in [5.74, 6) is 0.911. The third-order valence-corrected chi connectivity index (χ3v) is 4.32. The van der Waals surface area contributed by atoms with Crippen LogP contribution in [0.1, 0.15) is 104 Å².